The maximum atomic E-state index is 12.5. The molecule has 1 aliphatic carbocycles. The Balaban J connectivity index is 0.00000261. The first-order chi connectivity index (χ1) is 12.7. The van der Waals surface area contributed by atoms with Crippen molar-refractivity contribution in [2.75, 3.05) is 32.7 Å². The van der Waals surface area contributed by atoms with Crippen molar-refractivity contribution in [3.05, 3.63) is 35.9 Å². The van der Waals surface area contributed by atoms with Crippen molar-refractivity contribution >= 4 is 35.8 Å². The Morgan fingerprint density at radius 3 is 2.41 bits per heavy atom. The van der Waals surface area contributed by atoms with Crippen molar-refractivity contribution in [2.45, 2.75) is 39.0 Å². The van der Waals surface area contributed by atoms with Crippen molar-refractivity contribution in [3.63, 3.8) is 0 Å². The number of piperidine rings is 1. The number of carbonyl (C=O) groups is 1. The van der Waals surface area contributed by atoms with E-state index in [2.05, 4.69) is 46.0 Å². The Hall–Kier alpha value is -1.31. The number of nitrogens with one attached hydrogen (secondary N) is 2. The second kappa shape index (κ2) is 11.5. The third-order valence-electron chi connectivity index (χ3n) is 5.31. The van der Waals surface area contributed by atoms with Gasteiger partial charge in [0, 0.05) is 26.2 Å². The maximum absolute atomic E-state index is 12.5. The molecule has 1 aromatic carbocycles. The molecule has 5 nitrogen and oxygen atoms in total. The van der Waals surface area contributed by atoms with Crippen LogP contribution in [0.15, 0.2) is 35.3 Å². The molecule has 1 aromatic rings. The molecule has 1 saturated heterocycles. The summed E-state index contributed by atoms with van der Waals surface area (Å²) in [7, 11) is 0. The van der Waals surface area contributed by atoms with E-state index in [1.54, 1.807) is 0 Å². The number of amides is 1. The SMILES string of the molecule is CCNC(=NCC(=O)N1CCC(Cc2ccccc2)CC1)NCC1CC1.I. The van der Waals surface area contributed by atoms with Gasteiger partial charge in [-0.25, -0.2) is 4.99 Å². The fourth-order valence-electron chi connectivity index (χ4n) is 3.49. The molecule has 0 bridgehead atoms. The van der Waals surface area contributed by atoms with Gasteiger partial charge >= 0.3 is 0 Å². The molecule has 1 aliphatic heterocycles. The number of aliphatic imine (C=N–C) groups is 1. The fourth-order valence-corrected chi connectivity index (χ4v) is 3.49. The maximum Gasteiger partial charge on any atom is 0.244 e. The Morgan fingerprint density at radius 1 is 1.07 bits per heavy atom. The number of likely N-dealkylation sites (tertiary alicyclic amines) is 1. The minimum atomic E-state index is 0. The smallest absolute Gasteiger partial charge is 0.244 e. The summed E-state index contributed by atoms with van der Waals surface area (Å²) in [5, 5.41) is 6.57. The highest BCUT2D eigenvalue weighted by atomic mass is 127. The van der Waals surface area contributed by atoms with Gasteiger partial charge < -0.3 is 15.5 Å². The number of hydrogen-bond donors (Lipinski definition) is 2. The highest BCUT2D eigenvalue weighted by Crippen LogP contribution is 2.27. The quantitative estimate of drug-likeness (QED) is 0.356. The topological polar surface area (TPSA) is 56.7 Å². The van der Waals surface area contributed by atoms with Crippen LogP contribution < -0.4 is 10.6 Å². The minimum absolute atomic E-state index is 0. The van der Waals surface area contributed by atoms with Gasteiger partial charge in [-0.05, 0) is 56.4 Å². The second-order valence-corrected chi connectivity index (χ2v) is 7.53. The summed E-state index contributed by atoms with van der Waals surface area (Å²) in [6, 6.07) is 10.7. The fraction of sp³-hybridized carbons (Fsp3) is 0.619. The van der Waals surface area contributed by atoms with Crippen LogP contribution in [0.3, 0.4) is 0 Å². The Labute approximate surface area is 180 Å². The van der Waals surface area contributed by atoms with Crippen LogP contribution in [0.25, 0.3) is 0 Å². The lowest BCUT2D eigenvalue weighted by molar-refractivity contribution is -0.130. The number of hydrogen-bond acceptors (Lipinski definition) is 2. The van der Waals surface area contributed by atoms with E-state index in [-0.39, 0.29) is 36.4 Å². The van der Waals surface area contributed by atoms with E-state index in [0.29, 0.717) is 5.92 Å². The van der Waals surface area contributed by atoms with Crippen molar-refractivity contribution in [3.8, 4) is 0 Å². The molecule has 0 spiro atoms. The van der Waals surface area contributed by atoms with Crippen molar-refractivity contribution in [1.82, 2.24) is 15.5 Å². The van der Waals surface area contributed by atoms with Gasteiger partial charge in [-0.15, -0.1) is 24.0 Å². The van der Waals surface area contributed by atoms with Gasteiger partial charge in [0.15, 0.2) is 5.96 Å². The summed E-state index contributed by atoms with van der Waals surface area (Å²) in [6.45, 7) is 5.78. The van der Waals surface area contributed by atoms with E-state index >= 15 is 0 Å². The molecule has 27 heavy (non-hydrogen) atoms. The number of guanidine groups is 1. The van der Waals surface area contributed by atoms with Gasteiger partial charge in [-0.2, -0.15) is 0 Å². The molecule has 0 atom stereocenters. The number of benzene rings is 1. The van der Waals surface area contributed by atoms with E-state index in [4.69, 9.17) is 0 Å². The van der Waals surface area contributed by atoms with Gasteiger partial charge in [0.05, 0.1) is 0 Å². The summed E-state index contributed by atoms with van der Waals surface area (Å²) < 4.78 is 0. The molecule has 2 fully saturated rings. The van der Waals surface area contributed by atoms with Crippen LogP contribution in [0.2, 0.25) is 0 Å². The summed E-state index contributed by atoms with van der Waals surface area (Å²) in [4.78, 5) is 18.9. The normalized spacial score (nSPS) is 18.0. The molecule has 0 radical (unpaired) electrons. The first-order valence-corrected chi connectivity index (χ1v) is 10.1. The van der Waals surface area contributed by atoms with Crippen molar-refractivity contribution in [1.29, 1.82) is 0 Å². The predicted molar refractivity (Wildman–Crippen MR) is 122 cm³/mol. The molecule has 1 saturated carbocycles. The van der Waals surface area contributed by atoms with E-state index in [0.717, 1.165) is 57.3 Å². The lowest BCUT2D eigenvalue weighted by atomic mass is 9.90. The van der Waals surface area contributed by atoms with Crippen LogP contribution in [0.5, 0.6) is 0 Å². The molecule has 1 heterocycles. The third-order valence-corrected chi connectivity index (χ3v) is 5.31. The van der Waals surface area contributed by atoms with Gasteiger partial charge in [0.2, 0.25) is 5.91 Å². The zero-order valence-corrected chi connectivity index (χ0v) is 18.7. The van der Waals surface area contributed by atoms with Gasteiger partial charge in [0.25, 0.3) is 0 Å². The zero-order valence-electron chi connectivity index (χ0n) is 16.3. The minimum Gasteiger partial charge on any atom is -0.357 e. The van der Waals surface area contributed by atoms with Crippen LogP contribution in [0, 0.1) is 11.8 Å². The zero-order chi connectivity index (χ0) is 18.2. The Kier molecular flexibility index (Phi) is 9.38. The molecule has 2 N–H and O–H groups in total. The molecule has 0 aromatic heterocycles. The lowest BCUT2D eigenvalue weighted by Gasteiger charge is -2.32. The molecule has 3 rings (SSSR count). The standard InChI is InChI=1S/C21H32N4O.HI/c1-2-22-21(23-15-19-8-9-19)24-16-20(26)25-12-10-18(11-13-25)14-17-6-4-3-5-7-17;/h3-7,18-19H,2,8-16H2,1H3,(H2,22,23,24);1H. The van der Waals surface area contributed by atoms with Crippen LogP contribution in [0.1, 0.15) is 38.2 Å². The first kappa shape index (κ1) is 22.0. The van der Waals surface area contributed by atoms with Crippen molar-refractivity contribution < 1.29 is 4.79 Å². The number of halogens is 1. The molecule has 2 aliphatic rings. The summed E-state index contributed by atoms with van der Waals surface area (Å²) >= 11 is 0. The Bertz CT molecular complexity index is 595. The highest BCUT2D eigenvalue weighted by Gasteiger charge is 2.23. The van der Waals surface area contributed by atoms with Gasteiger partial charge in [0.1, 0.15) is 6.54 Å². The Morgan fingerprint density at radius 2 is 1.78 bits per heavy atom. The average Bonchev–Trinajstić information content (AvgIpc) is 3.50. The summed E-state index contributed by atoms with van der Waals surface area (Å²) in [5.74, 6) is 2.39. The molecule has 150 valence electrons. The number of nitrogens with zero attached hydrogens (tertiary/aromatic N) is 2. The van der Waals surface area contributed by atoms with Crippen molar-refractivity contribution in [2.24, 2.45) is 16.8 Å². The average molecular weight is 484 g/mol. The van der Waals surface area contributed by atoms with Gasteiger partial charge in [-0.1, -0.05) is 30.3 Å². The molecular weight excluding hydrogens is 451 g/mol. The van der Waals surface area contributed by atoms with Crippen LogP contribution in [0.4, 0.5) is 0 Å². The monoisotopic (exact) mass is 484 g/mol. The second-order valence-electron chi connectivity index (χ2n) is 7.53. The molecule has 1 amide bonds. The highest BCUT2D eigenvalue weighted by molar-refractivity contribution is 14.0. The number of rotatable bonds is 7. The van der Waals surface area contributed by atoms with E-state index in [1.807, 2.05) is 11.8 Å². The molecular formula is C21H33IN4O. The van der Waals surface area contributed by atoms with Crippen LogP contribution >= 0.6 is 24.0 Å². The molecule has 0 unspecified atom stereocenters. The predicted octanol–water partition coefficient (Wildman–Crippen LogP) is 3.05. The largest absolute Gasteiger partial charge is 0.357 e. The summed E-state index contributed by atoms with van der Waals surface area (Å²) in [6.07, 6.45) is 5.91. The third kappa shape index (κ3) is 7.68. The first-order valence-electron chi connectivity index (χ1n) is 10.1. The molecule has 6 heteroatoms. The number of carbonyl (C=O) groups excluding carboxylic acids is 1. The van der Waals surface area contributed by atoms with E-state index in [9.17, 15) is 4.79 Å². The summed E-state index contributed by atoms with van der Waals surface area (Å²) in [5.41, 5.74) is 1.40. The van der Waals surface area contributed by atoms with Crippen LogP contribution in [-0.4, -0.2) is 49.5 Å². The van der Waals surface area contributed by atoms with Gasteiger partial charge in [-0.3, -0.25) is 4.79 Å². The lowest BCUT2D eigenvalue weighted by Crippen LogP contribution is -2.42. The van der Waals surface area contributed by atoms with E-state index in [1.165, 1.54) is 18.4 Å². The van der Waals surface area contributed by atoms with E-state index < -0.39 is 0 Å². The van der Waals surface area contributed by atoms with Crippen LogP contribution in [-0.2, 0) is 11.2 Å².